The molecule has 1 unspecified atom stereocenters. The molecule has 0 saturated carbocycles. The van der Waals surface area contributed by atoms with Crippen LogP contribution in [0.25, 0.3) is 11.0 Å². The zero-order valence-electron chi connectivity index (χ0n) is 12.3. The maximum absolute atomic E-state index is 12.3. The van der Waals surface area contributed by atoms with Crippen molar-refractivity contribution in [1.29, 1.82) is 0 Å². The Hall–Kier alpha value is -2.41. The molecule has 0 radical (unpaired) electrons. The number of hydrogen-bond acceptors (Lipinski definition) is 5. The Morgan fingerprint density at radius 3 is 2.95 bits per heavy atom. The van der Waals surface area contributed by atoms with E-state index >= 15 is 0 Å². The number of aromatic nitrogens is 3. The lowest BCUT2D eigenvalue weighted by Crippen LogP contribution is -2.35. The number of likely N-dealkylation sites (N-methyl/N-ethyl adjacent to an activating group) is 1. The zero-order chi connectivity index (χ0) is 15.5. The van der Waals surface area contributed by atoms with E-state index < -0.39 is 0 Å². The van der Waals surface area contributed by atoms with Gasteiger partial charge >= 0.3 is 0 Å². The van der Waals surface area contributed by atoms with Gasteiger partial charge in [-0.1, -0.05) is 23.0 Å². The summed E-state index contributed by atoms with van der Waals surface area (Å²) in [6.07, 6.45) is 0. The molecule has 2 heterocycles. The molecule has 0 fully saturated rings. The van der Waals surface area contributed by atoms with Gasteiger partial charge in [0.1, 0.15) is 11.0 Å². The molecule has 114 valence electrons. The van der Waals surface area contributed by atoms with E-state index in [-0.39, 0.29) is 18.6 Å². The van der Waals surface area contributed by atoms with Crippen LogP contribution in [0.5, 0.6) is 0 Å². The molecule has 0 N–H and O–H groups in total. The third kappa shape index (κ3) is 2.80. The lowest BCUT2D eigenvalue weighted by Gasteiger charge is -2.23. The van der Waals surface area contributed by atoms with Crippen molar-refractivity contribution in [3.05, 3.63) is 46.7 Å². The van der Waals surface area contributed by atoms with Gasteiger partial charge in [-0.05, 0) is 35.7 Å². The van der Waals surface area contributed by atoms with E-state index in [0.717, 1.165) is 15.9 Å². The number of rotatable bonds is 5. The van der Waals surface area contributed by atoms with E-state index in [9.17, 15) is 4.79 Å². The highest BCUT2D eigenvalue weighted by molar-refractivity contribution is 7.10. The number of nitrogens with zero attached hydrogens (tertiary/aromatic N) is 4. The third-order valence-electron chi connectivity index (χ3n) is 3.56. The standard InChI is InChI=1S/C15H16N4O2S/c1-11(14-8-5-9-22-14)18(2)15(20)10-21-19-13-7-4-3-6-12(13)16-17-19/h3-9,11H,10H2,1-2H3. The van der Waals surface area contributed by atoms with Crippen molar-refractivity contribution in [3.63, 3.8) is 0 Å². The monoisotopic (exact) mass is 316 g/mol. The van der Waals surface area contributed by atoms with Crippen LogP contribution in [-0.4, -0.2) is 39.6 Å². The van der Waals surface area contributed by atoms with Gasteiger partial charge < -0.3 is 9.74 Å². The number of hydrogen-bond donors (Lipinski definition) is 0. The molecule has 1 aromatic carbocycles. The predicted molar refractivity (Wildman–Crippen MR) is 84.5 cm³/mol. The fraction of sp³-hybridized carbons (Fsp3) is 0.267. The second-order valence-electron chi connectivity index (χ2n) is 4.92. The molecule has 1 amide bonds. The van der Waals surface area contributed by atoms with Gasteiger partial charge in [-0.25, -0.2) is 0 Å². The van der Waals surface area contributed by atoms with E-state index in [1.54, 1.807) is 23.3 Å². The van der Waals surface area contributed by atoms with Gasteiger partial charge in [0, 0.05) is 11.9 Å². The number of benzene rings is 1. The molecule has 0 aliphatic rings. The molecule has 22 heavy (non-hydrogen) atoms. The van der Waals surface area contributed by atoms with Gasteiger partial charge in [0.25, 0.3) is 5.91 Å². The maximum Gasteiger partial charge on any atom is 0.263 e. The first-order chi connectivity index (χ1) is 10.7. The number of carbonyl (C=O) groups is 1. The largest absolute Gasteiger partial charge is 0.385 e. The molecule has 6 nitrogen and oxygen atoms in total. The summed E-state index contributed by atoms with van der Waals surface area (Å²) in [5.74, 6) is -0.111. The lowest BCUT2D eigenvalue weighted by molar-refractivity contribution is -0.137. The summed E-state index contributed by atoms with van der Waals surface area (Å²) in [6.45, 7) is 1.91. The van der Waals surface area contributed by atoms with Crippen molar-refractivity contribution in [2.45, 2.75) is 13.0 Å². The van der Waals surface area contributed by atoms with E-state index in [1.807, 2.05) is 48.7 Å². The first-order valence-corrected chi connectivity index (χ1v) is 7.77. The van der Waals surface area contributed by atoms with Gasteiger partial charge in [0.05, 0.1) is 6.04 Å². The summed E-state index contributed by atoms with van der Waals surface area (Å²) in [5, 5.41) is 9.88. The van der Waals surface area contributed by atoms with Crippen LogP contribution in [0, 0.1) is 0 Å². The van der Waals surface area contributed by atoms with Gasteiger partial charge in [-0.2, -0.15) is 0 Å². The highest BCUT2D eigenvalue weighted by atomic mass is 32.1. The van der Waals surface area contributed by atoms with Crippen LogP contribution in [0.2, 0.25) is 0 Å². The van der Waals surface area contributed by atoms with E-state index in [0.29, 0.717) is 0 Å². The van der Waals surface area contributed by atoms with Crippen LogP contribution in [0.3, 0.4) is 0 Å². The Balaban J connectivity index is 1.64. The lowest BCUT2D eigenvalue weighted by atomic mass is 10.2. The molecule has 0 aliphatic carbocycles. The minimum absolute atomic E-state index is 0.0172. The second kappa shape index (κ2) is 6.15. The molecule has 0 spiro atoms. The highest BCUT2D eigenvalue weighted by Crippen LogP contribution is 2.23. The summed E-state index contributed by atoms with van der Waals surface area (Å²) in [4.78, 5) is 21.8. The minimum atomic E-state index is -0.111. The predicted octanol–water partition coefficient (Wildman–Crippen LogP) is 2.14. The summed E-state index contributed by atoms with van der Waals surface area (Å²) >= 11 is 1.63. The van der Waals surface area contributed by atoms with Crippen LogP contribution in [0.4, 0.5) is 0 Å². The normalized spacial score (nSPS) is 12.3. The van der Waals surface area contributed by atoms with Crippen LogP contribution in [-0.2, 0) is 4.79 Å². The number of carbonyl (C=O) groups excluding carboxylic acids is 1. The highest BCUT2D eigenvalue weighted by Gasteiger charge is 2.19. The second-order valence-corrected chi connectivity index (χ2v) is 5.90. The number of para-hydroxylation sites is 1. The van der Waals surface area contributed by atoms with E-state index in [2.05, 4.69) is 10.3 Å². The molecule has 3 rings (SSSR count). The Morgan fingerprint density at radius 2 is 2.18 bits per heavy atom. The fourth-order valence-electron chi connectivity index (χ4n) is 2.10. The smallest absolute Gasteiger partial charge is 0.263 e. The van der Waals surface area contributed by atoms with Crippen molar-refractivity contribution >= 4 is 28.3 Å². The molecule has 7 heteroatoms. The number of amides is 1. The Kier molecular flexibility index (Phi) is 4.06. The molecule has 0 aliphatic heterocycles. The van der Waals surface area contributed by atoms with Crippen molar-refractivity contribution < 1.29 is 9.63 Å². The van der Waals surface area contributed by atoms with Crippen LogP contribution >= 0.6 is 11.3 Å². The zero-order valence-corrected chi connectivity index (χ0v) is 13.2. The molecule has 3 aromatic rings. The first kappa shape index (κ1) is 14.5. The summed E-state index contributed by atoms with van der Waals surface area (Å²) < 4.78 is 0. The van der Waals surface area contributed by atoms with E-state index in [1.165, 1.54) is 4.85 Å². The Labute approximate surface area is 131 Å². The van der Waals surface area contributed by atoms with Crippen molar-refractivity contribution in [1.82, 2.24) is 20.1 Å². The van der Waals surface area contributed by atoms with Gasteiger partial charge in [0.15, 0.2) is 6.61 Å². The average molecular weight is 316 g/mol. The molecule has 1 atom stereocenters. The van der Waals surface area contributed by atoms with Crippen LogP contribution in [0.15, 0.2) is 41.8 Å². The van der Waals surface area contributed by atoms with Gasteiger partial charge in [-0.3, -0.25) is 4.79 Å². The molecule has 0 saturated heterocycles. The third-order valence-corrected chi connectivity index (χ3v) is 4.60. The van der Waals surface area contributed by atoms with Gasteiger partial charge in [-0.15, -0.1) is 16.4 Å². The maximum atomic E-state index is 12.3. The summed E-state index contributed by atoms with van der Waals surface area (Å²) in [6, 6.07) is 11.5. The van der Waals surface area contributed by atoms with Gasteiger partial charge in [0.2, 0.25) is 0 Å². The van der Waals surface area contributed by atoms with E-state index in [4.69, 9.17) is 4.84 Å². The summed E-state index contributed by atoms with van der Waals surface area (Å²) in [5.41, 5.74) is 1.47. The van der Waals surface area contributed by atoms with Crippen molar-refractivity contribution in [2.75, 3.05) is 13.7 Å². The Morgan fingerprint density at radius 1 is 1.36 bits per heavy atom. The number of thiophene rings is 1. The van der Waals surface area contributed by atoms with Crippen molar-refractivity contribution in [2.24, 2.45) is 0 Å². The molecular formula is C15H16N4O2S. The van der Waals surface area contributed by atoms with Crippen LogP contribution < -0.4 is 4.84 Å². The Bertz CT molecular complexity index is 769. The van der Waals surface area contributed by atoms with Crippen LogP contribution in [0.1, 0.15) is 17.8 Å². The quantitative estimate of drug-likeness (QED) is 0.723. The fourth-order valence-corrected chi connectivity index (χ4v) is 2.92. The first-order valence-electron chi connectivity index (χ1n) is 6.89. The SMILES string of the molecule is CC(c1cccs1)N(C)C(=O)COn1nnc2ccccc21. The summed E-state index contributed by atoms with van der Waals surface area (Å²) in [7, 11) is 1.77. The molecule has 2 aromatic heterocycles. The molecular weight excluding hydrogens is 300 g/mol. The average Bonchev–Trinajstić information content (AvgIpc) is 3.21. The topological polar surface area (TPSA) is 60.2 Å². The molecule has 0 bridgehead atoms. The minimum Gasteiger partial charge on any atom is -0.385 e. The number of fused-ring (bicyclic) bond motifs is 1. The van der Waals surface area contributed by atoms with Crippen molar-refractivity contribution in [3.8, 4) is 0 Å².